The maximum absolute atomic E-state index is 12.4. The first-order valence-electron chi connectivity index (χ1n) is 11.0. The highest BCUT2D eigenvalue weighted by Crippen LogP contribution is 2.26. The van der Waals surface area contributed by atoms with Crippen LogP contribution in [0.5, 0.6) is 0 Å². The number of amides is 2. The van der Waals surface area contributed by atoms with Crippen molar-refractivity contribution in [2.75, 3.05) is 42.3 Å². The van der Waals surface area contributed by atoms with E-state index in [4.69, 9.17) is 16.3 Å². The molecule has 2 heterocycles. The minimum Gasteiger partial charge on any atom is -0.378 e. The van der Waals surface area contributed by atoms with Crippen LogP contribution in [0.4, 0.5) is 28.8 Å². The van der Waals surface area contributed by atoms with E-state index >= 15 is 0 Å². The lowest BCUT2D eigenvalue weighted by atomic mass is 10.1. The minimum absolute atomic E-state index is 0.0962. The first-order valence-corrected chi connectivity index (χ1v) is 11.4. The summed E-state index contributed by atoms with van der Waals surface area (Å²) in [5.41, 5.74) is 2.99. The standard InChI is InChI=1S/C25H25ClN6O3/c1-2-22(33)28-19-4-3-5-20(15-19)29-24-21(26)16-27-25(31-24)30-18-8-6-17(7-9-18)14-23(34)32-10-12-35-13-11-32/h2-9,15-16H,1,10-14H2,(H,28,33)(H2,27,29,30,31). The number of hydrogen-bond donors (Lipinski definition) is 3. The van der Waals surface area contributed by atoms with Crippen molar-refractivity contribution < 1.29 is 14.3 Å². The van der Waals surface area contributed by atoms with Gasteiger partial charge in [0.25, 0.3) is 0 Å². The topological polar surface area (TPSA) is 108 Å². The number of halogens is 1. The number of aromatic nitrogens is 2. The van der Waals surface area contributed by atoms with E-state index in [0.717, 1.165) is 11.3 Å². The summed E-state index contributed by atoms with van der Waals surface area (Å²) in [6.07, 6.45) is 3.05. The molecular weight excluding hydrogens is 468 g/mol. The fraction of sp³-hybridized carbons (Fsp3) is 0.200. The number of carbonyl (C=O) groups excluding carboxylic acids is 2. The zero-order valence-corrected chi connectivity index (χ0v) is 19.7. The van der Waals surface area contributed by atoms with E-state index in [1.54, 1.807) is 18.2 Å². The van der Waals surface area contributed by atoms with Crippen molar-refractivity contribution in [3.05, 3.63) is 78.0 Å². The van der Waals surface area contributed by atoms with Crippen LogP contribution in [0.25, 0.3) is 0 Å². The summed E-state index contributed by atoms with van der Waals surface area (Å²) >= 11 is 6.29. The second kappa shape index (κ2) is 11.5. The second-order valence-electron chi connectivity index (χ2n) is 7.78. The highest BCUT2D eigenvalue weighted by molar-refractivity contribution is 6.32. The summed E-state index contributed by atoms with van der Waals surface area (Å²) in [4.78, 5) is 34.5. The molecule has 1 aliphatic rings. The second-order valence-corrected chi connectivity index (χ2v) is 8.19. The van der Waals surface area contributed by atoms with E-state index in [1.165, 1.54) is 12.3 Å². The van der Waals surface area contributed by atoms with Crippen molar-refractivity contribution >= 4 is 52.2 Å². The number of ether oxygens (including phenoxy) is 1. The maximum atomic E-state index is 12.4. The van der Waals surface area contributed by atoms with Gasteiger partial charge >= 0.3 is 0 Å². The predicted octanol–water partition coefficient (Wildman–Crippen LogP) is 4.14. The highest BCUT2D eigenvalue weighted by Gasteiger charge is 2.17. The summed E-state index contributed by atoms with van der Waals surface area (Å²) in [5, 5.41) is 9.33. The summed E-state index contributed by atoms with van der Waals surface area (Å²) in [7, 11) is 0. The number of carbonyl (C=O) groups is 2. The van der Waals surface area contributed by atoms with E-state index in [2.05, 4.69) is 32.5 Å². The third-order valence-corrected chi connectivity index (χ3v) is 5.53. The van der Waals surface area contributed by atoms with Crippen LogP contribution in [0.2, 0.25) is 5.02 Å². The van der Waals surface area contributed by atoms with E-state index in [1.807, 2.05) is 35.2 Å². The molecule has 0 saturated carbocycles. The van der Waals surface area contributed by atoms with Gasteiger partial charge in [-0.25, -0.2) is 4.98 Å². The first-order chi connectivity index (χ1) is 17.0. The summed E-state index contributed by atoms with van der Waals surface area (Å²) in [6.45, 7) is 5.89. The largest absolute Gasteiger partial charge is 0.378 e. The molecule has 10 heteroatoms. The first kappa shape index (κ1) is 24.2. The summed E-state index contributed by atoms with van der Waals surface area (Å²) < 4.78 is 5.30. The van der Waals surface area contributed by atoms with Gasteiger partial charge in [-0.3, -0.25) is 9.59 Å². The molecule has 4 rings (SSSR count). The number of anilines is 5. The average molecular weight is 493 g/mol. The average Bonchev–Trinajstić information content (AvgIpc) is 2.88. The Morgan fingerprint density at radius 2 is 1.80 bits per heavy atom. The van der Waals surface area contributed by atoms with E-state index < -0.39 is 0 Å². The number of benzene rings is 2. The van der Waals surface area contributed by atoms with Crippen LogP contribution in [0.15, 0.2) is 67.4 Å². The Balaban J connectivity index is 1.40. The van der Waals surface area contributed by atoms with Crippen LogP contribution < -0.4 is 16.0 Å². The maximum Gasteiger partial charge on any atom is 0.247 e. The number of hydrogen-bond acceptors (Lipinski definition) is 7. The Morgan fingerprint density at radius 1 is 1.06 bits per heavy atom. The quantitative estimate of drug-likeness (QED) is 0.405. The lowest BCUT2D eigenvalue weighted by Gasteiger charge is -2.26. The third-order valence-electron chi connectivity index (χ3n) is 5.25. The molecule has 0 unspecified atom stereocenters. The van der Waals surface area contributed by atoms with Gasteiger partial charge < -0.3 is 25.6 Å². The van der Waals surface area contributed by atoms with Gasteiger partial charge in [0.15, 0.2) is 5.82 Å². The molecule has 180 valence electrons. The van der Waals surface area contributed by atoms with Crippen LogP contribution in [0.3, 0.4) is 0 Å². The molecule has 1 saturated heterocycles. The molecule has 35 heavy (non-hydrogen) atoms. The van der Waals surface area contributed by atoms with E-state index in [9.17, 15) is 9.59 Å². The lowest BCUT2D eigenvalue weighted by Crippen LogP contribution is -2.41. The Morgan fingerprint density at radius 3 is 2.54 bits per heavy atom. The van der Waals surface area contributed by atoms with Crippen molar-refractivity contribution in [3.63, 3.8) is 0 Å². The fourth-order valence-electron chi connectivity index (χ4n) is 3.45. The Labute approximate surface area is 208 Å². The molecular formula is C25H25ClN6O3. The molecule has 9 nitrogen and oxygen atoms in total. The molecule has 1 aromatic heterocycles. The van der Waals surface area contributed by atoms with Crippen molar-refractivity contribution in [1.82, 2.24) is 14.9 Å². The summed E-state index contributed by atoms with van der Waals surface area (Å²) in [5.74, 6) is 0.554. The number of nitrogens with one attached hydrogen (secondary N) is 3. The molecule has 1 fully saturated rings. The van der Waals surface area contributed by atoms with Crippen molar-refractivity contribution in [1.29, 1.82) is 0 Å². The van der Waals surface area contributed by atoms with Crippen molar-refractivity contribution in [3.8, 4) is 0 Å². The van der Waals surface area contributed by atoms with Gasteiger partial charge in [-0.2, -0.15) is 4.98 Å². The molecule has 0 bridgehead atoms. The van der Waals surface area contributed by atoms with Crippen molar-refractivity contribution in [2.24, 2.45) is 0 Å². The van der Waals surface area contributed by atoms with Gasteiger partial charge in [-0.15, -0.1) is 0 Å². The Kier molecular flexibility index (Phi) is 7.92. The van der Waals surface area contributed by atoms with Crippen LogP contribution in [-0.2, 0) is 20.7 Å². The van der Waals surface area contributed by atoms with E-state index in [0.29, 0.717) is 60.9 Å². The molecule has 3 aromatic rings. The monoisotopic (exact) mass is 492 g/mol. The summed E-state index contributed by atoms with van der Waals surface area (Å²) in [6, 6.07) is 14.7. The normalized spacial score (nSPS) is 13.1. The molecule has 0 spiro atoms. The van der Waals surface area contributed by atoms with Crippen LogP contribution in [0.1, 0.15) is 5.56 Å². The molecule has 2 aromatic carbocycles. The molecule has 3 N–H and O–H groups in total. The molecule has 0 atom stereocenters. The van der Waals surface area contributed by atoms with Gasteiger partial charge in [0.2, 0.25) is 17.8 Å². The predicted molar refractivity (Wildman–Crippen MR) is 136 cm³/mol. The van der Waals surface area contributed by atoms with Gasteiger partial charge in [-0.1, -0.05) is 36.4 Å². The van der Waals surface area contributed by atoms with Crippen molar-refractivity contribution in [2.45, 2.75) is 6.42 Å². The lowest BCUT2D eigenvalue weighted by molar-refractivity contribution is -0.134. The minimum atomic E-state index is -0.301. The third kappa shape index (κ3) is 6.78. The van der Waals surface area contributed by atoms with Gasteiger partial charge in [0, 0.05) is 30.2 Å². The SMILES string of the molecule is C=CC(=O)Nc1cccc(Nc2nc(Nc3ccc(CC(=O)N4CCOCC4)cc3)ncc2Cl)c1. The highest BCUT2D eigenvalue weighted by atomic mass is 35.5. The Bertz CT molecular complexity index is 1210. The zero-order valence-electron chi connectivity index (χ0n) is 19.0. The number of rotatable bonds is 8. The van der Waals surface area contributed by atoms with Crippen LogP contribution in [0, 0.1) is 0 Å². The smallest absolute Gasteiger partial charge is 0.247 e. The van der Waals surface area contributed by atoms with Gasteiger partial charge in [0.1, 0.15) is 5.02 Å². The molecule has 0 radical (unpaired) electrons. The fourth-order valence-corrected chi connectivity index (χ4v) is 3.59. The molecule has 2 amide bonds. The van der Waals surface area contributed by atoms with Gasteiger partial charge in [0.05, 0.1) is 25.8 Å². The zero-order chi connectivity index (χ0) is 24.6. The van der Waals surface area contributed by atoms with E-state index in [-0.39, 0.29) is 11.8 Å². The van der Waals surface area contributed by atoms with Gasteiger partial charge in [-0.05, 0) is 42.0 Å². The van der Waals surface area contributed by atoms with Crippen LogP contribution >= 0.6 is 11.6 Å². The van der Waals surface area contributed by atoms with Crippen LogP contribution in [-0.4, -0.2) is 53.0 Å². The number of morpholine rings is 1. The number of nitrogens with zero attached hydrogens (tertiary/aromatic N) is 3. The molecule has 1 aliphatic heterocycles. The molecule has 0 aliphatic carbocycles. The Hall–Kier alpha value is -3.95.